The predicted molar refractivity (Wildman–Crippen MR) is 138 cm³/mol. The van der Waals surface area contributed by atoms with Gasteiger partial charge in [0.25, 0.3) is 0 Å². The number of anilines is 1. The predicted octanol–water partition coefficient (Wildman–Crippen LogP) is 4.24. The Morgan fingerprint density at radius 1 is 1.22 bits per heavy atom. The lowest BCUT2D eigenvalue weighted by molar-refractivity contribution is 0.0183. The molecule has 10 heteroatoms. The average molecular weight is 515 g/mol. The first-order valence-corrected chi connectivity index (χ1v) is 13.0. The second kappa shape index (κ2) is 12.6. The summed E-state index contributed by atoms with van der Waals surface area (Å²) in [4.78, 5) is 13.4. The monoisotopic (exact) mass is 514 g/mol. The first-order chi connectivity index (χ1) is 17.5. The smallest absolute Gasteiger partial charge is 0.223 e. The number of aromatic nitrogens is 3. The second-order valence-electron chi connectivity index (χ2n) is 9.78. The van der Waals surface area contributed by atoms with E-state index in [2.05, 4.69) is 33.6 Å². The van der Waals surface area contributed by atoms with Gasteiger partial charge in [-0.15, -0.1) is 0 Å². The molecular weight excluding hydrogens is 480 g/mol. The maximum absolute atomic E-state index is 9.67. The van der Waals surface area contributed by atoms with E-state index in [9.17, 15) is 5.26 Å². The van der Waals surface area contributed by atoms with Crippen LogP contribution in [0.15, 0.2) is 24.5 Å². The van der Waals surface area contributed by atoms with Crippen molar-refractivity contribution in [2.45, 2.75) is 63.6 Å². The molecule has 1 saturated heterocycles. The zero-order valence-electron chi connectivity index (χ0n) is 21.0. The Kier molecular flexibility index (Phi) is 9.32. The zero-order chi connectivity index (χ0) is 25.4. The highest BCUT2D eigenvalue weighted by Crippen LogP contribution is 2.32. The van der Waals surface area contributed by atoms with Crippen molar-refractivity contribution in [3.63, 3.8) is 0 Å². The quantitative estimate of drug-likeness (QED) is 0.480. The summed E-state index contributed by atoms with van der Waals surface area (Å²) in [6.07, 6.45) is 8.86. The summed E-state index contributed by atoms with van der Waals surface area (Å²) < 4.78 is 16.6. The van der Waals surface area contributed by atoms with Crippen LogP contribution in [0.5, 0.6) is 5.88 Å². The van der Waals surface area contributed by atoms with E-state index in [0.717, 1.165) is 37.9 Å². The highest BCUT2D eigenvalue weighted by atomic mass is 35.5. The van der Waals surface area contributed by atoms with Crippen LogP contribution in [0.25, 0.3) is 11.3 Å². The van der Waals surface area contributed by atoms with Crippen molar-refractivity contribution in [1.82, 2.24) is 20.3 Å². The molecule has 36 heavy (non-hydrogen) atoms. The summed E-state index contributed by atoms with van der Waals surface area (Å²) in [6.45, 7) is 4.29. The number of ether oxygens (including phenoxy) is 3. The summed E-state index contributed by atoms with van der Waals surface area (Å²) in [7, 11) is 1.73. The van der Waals surface area contributed by atoms with Crippen molar-refractivity contribution in [1.29, 1.82) is 5.26 Å². The fourth-order valence-electron chi connectivity index (χ4n) is 4.82. The van der Waals surface area contributed by atoms with Crippen molar-refractivity contribution >= 4 is 17.5 Å². The summed E-state index contributed by atoms with van der Waals surface area (Å²) in [5.41, 5.74) is 0.857. The van der Waals surface area contributed by atoms with Crippen LogP contribution in [0.1, 0.15) is 45.4 Å². The molecule has 1 aliphatic carbocycles. The molecule has 2 aromatic heterocycles. The van der Waals surface area contributed by atoms with E-state index >= 15 is 0 Å². The van der Waals surface area contributed by atoms with Crippen molar-refractivity contribution in [2.24, 2.45) is 5.41 Å². The molecule has 1 unspecified atom stereocenters. The van der Waals surface area contributed by atoms with E-state index in [1.807, 2.05) is 6.07 Å². The molecule has 3 heterocycles. The molecule has 9 nitrogen and oxygen atoms in total. The fraction of sp³-hybridized carbons (Fsp3) is 0.615. The first-order valence-electron chi connectivity index (χ1n) is 12.6. The number of nitriles is 1. The van der Waals surface area contributed by atoms with Gasteiger partial charge in [-0.05, 0) is 51.5 Å². The highest BCUT2D eigenvalue weighted by molar-refractivity contribution is 6.32. The number of methoxy groups -OCH3 is 1. The molecule has 1 aliphatic heterocycles. The zero-order valence-corrected chi connectivity index (χ0v) is 21.8. The molecule has 2 aliphatic rings. The Balaban J connectivity index is 1.37. The van der Waals surface area contributed by atoms with Crippen LogP contribution in [-0.2, 0) is 9.47 Å². The van der Waals surface area contributed by atoms with Crippen molar-refractivity contribution < 1.29 is 14.2 Å². The third-order valence-corrected chi connectivity index (χ3v) is 7.21. The molecule has 194 valence electrons. The standard InChI is InChI=1S/C26H35ClN6O3/c1-18(15-34-2)31-20-3-5-21(6-4-20)32-25-30-14-22(27)24(33-25)19-7-10-29-23(13-19)36-17-26(16-28)8-11-35-12-9-26/h7,10,13-14,18,20-21,31H,3-6,8-9,11-12,15,17H2,1-2H3,(H,30,32,33). The Labute approximate surface area is 217 Å². The SMILES string of the molecule is COCC(C)NC1CCC(Nc2ncc(Cl)c(-c3ccnc(OCC4(C#N)CCOCC4)c3)n2)CC1. The van der Waals surface area contributed by atoms with Crippen LogP contribution in [0.2, 0.25) is 5.02 Å². The Hall–Kier alpha value is -2.51. The minimum absolute atomic E-state index is 0.273. The molecule has 0 aromatic carbocycles. The van der Waals surface area contributed by atoms with E-state index in [1.54, 1.807) is 25.6 Å². The minimum atomic E-state index is -0.546. The van der Waals surface area contributed by atoms with Gasteiger partial charge in [0.15, 0.2) is 0 Å². The summed E-state index contributed by atoms with van der Waals surface area (Å²) in [6, 6.07) is 7.23. The molecule has 0 amide bonds. The maximum atomic E-state index is 9.67. The number of rotatable bonds is 10. The Morgan fingerprint density at radius 3 is 2.69 bits per heavy atom. The fourth-order valence-corrected chi connectivity index (χ4v) is 5.03. The molecule has 1 atom stereocenters. The van der Waals surface area contributed by atoms with Crippen molar-refractivity contribution in [3.8, 4) is 23.2 Å². The number of nitrogens with one attached hydrogen (secondary N) is 2. The largest absolute Gasteiger partial charge is 0.476 e. The third kappa shape index (κ3) is 7.04. The van der Waals surface area contributed by atoms with Gasteiger partial charge in [-0.1, -0.05) is 11.6 Å². The van der Waals surface area contributed by atoms with Crippen LogP contribution < -0.4 is 15.4 Å². The molecule has 0 radical (unpaired) electrons. The van der Waals surface area contributed by atoms with Gasteiger partial charge in [0, 0.05) is 56.3 Å². The molecule has 2 fully saturated rings. The lowest BCUT2D eigenvalue weighted by Crippen LogP contribution is -2.43. The summed E-state index contributed by atoms with van der Waals surface area (Å²) >= 11 is 6.47. The number of hydrogen-bond donors (Lipinski definition) is 2. The van der Waals surface area contributed by atoms with Gasteiger partial charge in [-0.3, -0.25) is 0 Å². The van der Waals surface area contributed by atoms with E-state index < -0.39 is 5.41 Å². The molecular formula is C26H35ClN6O3. The van der Waals surface area contributed by atoms with Gasteiger partial charge < -0.3 is 24.8 Å². The first kappa shape index (κ1) is 26.6. The summed E-state index contributed by atoms with van der Waals surface area (Å²) in [5.74, 6) is 0.995. The lowest BCUT2D eigenvalue weighted by atomic mass is 9.83. The van der Waals surface area contributed by atoms with E-state index in [4.69, 9.17) is 30.8 Å². The van der Waals surface area contributed by atoms with Crippen LogP contribution >= 0.6 is 11.6 Å². The van der Waals surface area contributed by atoms with Gasteiger partial charge in [-0.25, -0.2) is 15.0 Å². The van der Waals surface area contributed by atoms with E-state index in [1.165, 1.54) is 0 Å². The Morgan fingerprint density at radius 2 is 1.97 bits per heavy atom. The number of halogens is 1. The van der Waals surface area contributed by atoms with Gasteiger partial charge >= 0.3 is 0 Å². The molecule has 2 aromatic rings. The van der Waals surface area contributed by atoms with Crippen molar-refractivity contribution in [2.75, 3.05) is 38.9 Å². The van der Waals surface area contributed by atoms with Crippen LogP contribution in [0, 0.1) is 16.7 Å². The molecule has 0 spiro atoms. The Bertz CT molecular complexity index is 1030. The topological polar surface area (TPSA) is 114 Å². The highest BCUT2D eigenvalue weighted by Gasteiger charge is 2.34. The van der Waals surface area contributed by atoms with Crippen molar-refractivity contribution in [3.05, 3.63) is 29.5 Å². The van der Waals surface area contributed by atoms with Gasteiger partial charge in [0.1, 0.15) is 6.61 Å². The minimum Gasteiger partial charge on any atom is -0.476 e. The van der Waals surface area contributed by atoms with E-state index in [0.29, 0.717) is 66.7 Å². The van der Waals surface area contributed by atoms with Gasteiger partial charge in [0.05, 0.1) is 35.0 Å². The number of nitrogens with zero attached hydrogens (tertiary/aromatic N) is 4. The molecule has 2 N–H and O–H groups in total. The van der Waals surface area contributed by atoms with Gasteiger partial charge in [0.2, 0.25) is 11.8 Å². The van der Waals surface area contributed by atoms with Crippen LogP contribution in [-0.4, -0.2) is 66.6 Å². The van der Waals surface area contributed by atoms with Crippen LogP contribution in [0.4, 0.5) is 5.95 Å². The average Bonchev–Trinajstić information content (AvgIpc) is 2.90. The molecule has 0 bridgehead atoms. The second-order valence-corrected chi connectivity index (χ2v) is 10.2. The number of pyridine rings is 1. The van der Waals surface area contributed by atoms with Gasteiger partial charge in [-0.2, -0.15) is 5.26 Å². The number of hydrogen-bond acceptors (Lipinski definition) is 9. The van der Waals surface area contributed by atoms with Crippen LogP contribution in [0.3, 0.4) is 0 Å². The molecule has 1 saturated carbocycles. The van der Waals surface area contributed by atoms with E-state index in [-0.39, 0.29) is 6.61 Å². The molecule has 4 rings (SSSR count). The summed E-state index contributed by atoms with van der Waals surface area (Å²) in [5, 5.41) is 17.3. The lowest BCUT2D eigenvalue weighted by Gasteiger charge is -2.31. The maximum Gasteiger partial charge on any atom is 0.223 e. The third-order valence-electron chi connectivity index (χ3n) is 6.93. The normalized spacial score (nSPS) is 22.4.